The molecular weight excluding hydrogens is 357 g/mol. The van der Waals surface area contributed by atoms with Gasteiger partial charge in [-0.3, -0.25) is 9.89 Å². The summed E-state index contributed by atoms with van der Waals surface area (Å²) in [5.74, 6) is -0.811. The number of nitrogens with one attached hydrogen (secondary N) is 2. The molecule has 3 aromatic carbocycles. The molecule has 140 valence electrons. The maximum Gasteiger partial charge on any atom is 0.229 e. The molecule has 5 nitrogen and oxygen atoms in total. The van der Waals surface area contributed by atoms with Crippen molar-refractivity contribution in [2.24, 2.45) is 5.92 Å². The second kappa shape index (κ2) is 6.73. The number of hydrogen-bond acceptors (Lipinski definition) is 3. The lowest BCUT2D eigenvalue weighted by molar-refractivity contribution is -0.119. The third-order valence-electron chi connectivity index (χ3n) is 5.22. The molecule has 1 atom stereocenters. The fraction of sp³-hybridized carbons (Fsp3) is 0.182. The molecule has 1 amide bonds. The SMILES string of the molecule is O=C(Nc1cc(F)c2n[nH]c(-c3ccc4ccccc4c3)c2c1)C1CCOC1. The van der Waals surface area contributed by atoms with Crippen molar-refractivity contribution in [1.82, 2.24) is 10.2 Å². The minimum absolute atomic E-state index is 0.146. The highest BCUT2D eigenvalue weighted by Crippen LogP contribution is 2.32. The fourth-order valence-corrected chi connectivity index (χ4v) is 3.70. The van der Waals surface area contributed by atoms with Crippen LogP contribution >= 0.6 is 0 Å². The number of amides is 1. The zero-order chi connectivity index (χ0) is 19.1. The van der Waals surface area contributed by atoms with E-state index in [1.807, 2.05) is 42.5 Å². The van der Waals surface area contributed by atoms with Crippen molar-refractivity contribution < 1.29 is 13.9 Å². The van der Waals surface area contributed by atoms with Gasteiger partial charge in [-0.2, -0.15) is 5.10 Å². The lowest BCUT2D eigenvalue weighted by atomic mass is 10.0. The number of carbonyl (C=O) groups is 1. The van der Waals surface area contributed by atoms with Crippen LogP contribution in [0.3, 0.4) is 0 Å². The van der Waals surface area contributed by atoms with Crippen LogP contribution in [0.4, 0.5) is 10.1 Å². The molecule has 0 aliphatic carbocycles. The first-order valence-electron chi connectivity index (χ1n) is 9.24. The van der Waals surface area contributed by atoms with Gasteiger partial charge in [-0.25, -0.2) is 4.39 Å². The van der Waals surface area contributed by atoms with Crippen LogP contribution in [0, 0.1) is 11.7 Å². The molecule has 6 heteroatoms. The number of benzene rings is 3. The number of carbonyl (C=O) groups excluding carboxylic acids is 1. The third kappa shape index (κ3) is 2.92. The summed E-state index contributed by atoms with van der Waals surface area (Å²) >= 11 is 0. The first-order chi connectivity index (χ1) is 13.7. The highest BCUT2D eigenvalue weighted by Gasteiger charge is 2.24. The van der Waals surface area contributed by atoms with E-state index in [0.29, 0.717) is 30.7 Å². The van der Waals surface area contributed by atoms with Crippen molar-refractivity contribution in [3.63, 3.8) is 0 Å². The first kappa shape index (κ1) is 16.9. The predicted octanol–water partition coefficient (Wildman–Crippen LogP) is 4.50. The van der Waals surface area contributed by atoms with Crippen molar-refractivity contribution in [3.05, 3.63) is 60.4 Å². The molecule has 0 spiro atoms. The van der Waals surface area contributed by atoms with E-state index in [-0.39, 0.29) is 17.3 Å². The maximum atomic E-state index is 14.6. The predicted molar refractivity (Wildman–Crippen MR) is 107 cm³/mol. The topological polar surface area (TPSA) is 67.0 Å². The Morgan fingerprint density at radius 3 is 2.82 bits per heavy atom. The van der Waals surface area contributed by atoms with Crippen LogP contribution in [-0.4, -0.2) is 29.3 Å². The molecule has 4 aromatic rings. The van der Waals surface area contributed by atoms with E-state index in [9.17, 15) is 9.18 Å². The lowest BCUT2D eigenvalue weighted by Crippen LogP contribution is -2.22. The third-order valence-corrected chi connectivity index (χ3v) is 5.22. The van der Waals surface area contributed by atoms with Crippen LogP contribution in [0.15, 0.2) is 54.6 Å². The molecule has 0 radical (unpaired) electrons. The highest BCUT2D eigenvalue weighted by molar-refractivity contribution is 6.00. The summed E-state index contributed by atoms with van der Waals surface area (Å²) in [4.78, 5) is 12.4. The van der Waals surface area contributed by atoms with Crippen molar-refractivity contribution in [3.8, 4) is 11.3 Å². The van der Waals surface area contributed by atoms with Crippen molar-refractivity contribution in [2.75, 3.05) is 18.5 Å². The highest BCUT2D eigenvalue weighted by atomic mass is 19.1. The second-order valence-electron chi connectivity index (χ2n) is 7.06. The molecule has 28 heavy (non-hydrogen) atoms. The molecule has 1 unspecified atom stereocenters. The largest absolute Gasteiger partial charge is 0.381 e. The van der Waals surface area contributed by atoms with Gasteiger partial charge in [-0.05, 0) is 35.4 Å². The van der Waals surface area contributed by atoms with Crippen molar-refractivity contribution in [1.29, 1.82) is 0 Å². The molecule has 1 aromatic heterocycles. The Balaban J connectivity index is 1.55. The molecule has 1 aliphatic rings. The fourth-order valence-electron chi connectivity index (χ4n) is 3.70. The summed E-state index contributed by atoms with van der Waals surface area (Å²) in [5, 5.41) is 12.8. The Hall–Kier alpha value is -3.25. The average Bonchev–Trinajstić information content (AvgIpc) is 3.38. The number of hydrogen-bond donors (Lipinski definition) is 2. The molecule has 1 fully saturated rings. The van der Waals surface area contributed by atoms with E-state index in [4.69, 9.17) is 4.74 Å². The van der Waals surface area contributed by atoms with E-state index in [0.717, 1.165) is 22.0 Å². The van der Waals surface area contributed by atoms with Gasteiger partial charge in [0, 0.05) is 23.2 Å². The summed E-state index contributed by atoms with van der Waals surface area (Å²) in [6.45, 7) is 0.990. The standard InChI is InChI=1S/C22H18FN3O2/c23-19-11-17(24-22(27)16-7-8-28-12-16)10-18-20(25-26-21(18)19)15-6-5-13-3-1-2-4-14(13)9-15/h1-6,9-11,16H,7-8,12H2,(H,24,27)(H,25,26). The monoisotopic (exact) mass is 375 g/mol. The van der Waals surface area contributed by atoms with Gasteiger partial charge >= 0.3 is 0 Å². The van der Waals surface area contributed by atoms with E-state index in [2.05, 4.69) is 15.5 Å². The minimum Gasteiger partial charge on any atom is -0.381 e. The van der Waals surface area contributed by atoms with Crippen LogP contribution in [0.5, 0.6) is 0 Å². The summed E-state index contributed by atoms with van der Waals surface area (Å²) in [7, 11) is 0. The van der Waals surface area contributed by atoms with E-state index < -0.39 is 5.82 Å². The first-order valence-corrected chi connectivity index (χ1v) is 9.24. The van der Waals surface area contributed by atoms with Gasteiger partial charge in [0.2, 0.25) is 5.91 Å². The number of aromatic nitrogens is 2. The smallest absolute Gasteiger partial charge is 0.229 e. The number of fused-ring (bicyclic) bond motifs is 2. The Bertz CT molecular complexity index is 1200. The zero-order valence-corrected chi connectivity index (χ0v) is 15.0. The lowest BCUT2D eigenvalue weighted by Gasteiger charge is -2.10. The number of halogens is 1. The van der Waals surface area contributed by atoms with E-state index in [1.54, 1.807) is 6.07 Å². The van der Waals surface area contributed by atoms with Crippen LogP contribution < -0.4 is 5.32 Å². The Morgan fingerprint density at radius 2 is 2.00 bits per heavy atom. The van der Waals surface area contributed by atoms with Gasteiger partial charge in [0.15, 0.2) is 5.82 Å². The maximum absolute atomic E-state index is 14.6. The summed E-state index contributed by atoms with van der Waals surface area (Å²) in [6.07, 6.45) is 0.685. The number of nitrogens with zero attached hydrogens (tertiary/aromatic N) is 1. The summed E-state index contributed by atoms with van der Waals surface area (Å²) in [6, 6.07) is 17.2. The number of aromatic amines is 1. The van der Waals surface area contributed by atoms with Crippen LogP contribution in [0.2, 0.25) is 0 Å². The van der Waals surface area contributed by atoms with Crippen LogP contribution in [0.25, 0.3) is 32.9 Å². The summed E-state index contributed by atoms with van der Waals surface area (Å²) < 4.78 is 19.9. The van der Waals surface area contributed by atoms with E-state index >= 15 is 0 Å². The summed E-state index contributed by atoms with van der Waals surface area (Å²) in [5.41, 5.74) is 2.31. The van der Waals surface area contributed by atoms with Gasteiger partial charge in [0.1, 0.15) is 5.52 Å². The van der Waals surface area contributed by atoms with Crippen LogP contribution in [-0.2, 0) is 9.53 Å². The van der Waals surface area contributed by atoms with Gasteiger partial charge < -0.3 is 10.1 Å². The Morgan fingerprint density at radius 1 is 1.14 bits per heavy atom. The Labute approximate surface area is 160 Å². The molecule has 2 heterocycles. The molecule has 0 saturated carbocycles. The molecular formula is C22H18FN3O2. The molecule has 2 N–H and O–H groups in total. The molecule has 0 bridgehead atoms. The molecule has 1 saturated heterocycles. The minimum atomic E-state index is -0.473. The number of anilines is 1. The zero-order valence-electron chi connectivity index (χ0n) is 15.0. The number of H-pyrrole nitrogens is 1. The van der Waals surface area contributed by atoms with Gasteiger partial charge in [-0.15, -0.1) is 0 Å². The van der Waals surface area contributed by atoms with Crippen LogP contribution in [0.1, 0.15) is 6.42 Å². The van der Waals surface area contributed by atoms with Crippen molar-refractivity contribution in [2.45, 2.75) is 6.42 Å². The quantitative estimate of drug-likeness (QED) is 0.554. The van der Waals surface area contributed by atoms with Gasteiger partial charge in [-0.1, -0.05) is 36.4 Å². The normalized spacial score (nSPS) is 16.7. The van der Waals surface area contributed by atoms with Gasteiger partial charge in [0.05, 0.1) is 18.2 Å². The number of ether oxygens (including phenoxy) is 1. The molecule has 1 aliphatic heterocycles. The van der Waals surface area contributed by atoms with E-state index in [1.165, 1.54) is 6.07 Å². The van der Waals surface area contributed by atoms with Gasteiger partial charge in [0.25, 0.3) is 0 Å². The molecule has 5 rings (SSSR count). The number of rotatable bonds is 3. The van der Waals surface area contributed by atoms with Crippen molar-refractivity contribution >= 4 is 33.3 Å². The second-order valence-corrected chi connectivity index (χ2v) is 7.06. The average molecular weight is 375 g/mol. The Kier molecular flexibility index (Phi) is 4.06.